The van der Waals surface area contributed by atoms with Crippen LogP contribution in [0.15, 0.2) is 17.2 Å². The molecule has 0 radical (unpaired) electrons. The highest BCUT2D eigenvalue weighted by Crippen LogP contribution is 2.21. The first-order valence-corrected chi connectivity index (χ1v) is 6.50. The van der Waals surface area contributed by atoms with Gasteiger partial charge >= 0.3 is 11.8 Å². The number of carbonyl (C=O) groups is 2. The van der Waals surface area contributed by atoms with E-state index in [1.54, 1.807) is 32.9 Å². The number of hydrogen-bond acceptors (Lipinski definition) is 4. The summed E-state index contributed by atoms with van der Waals surface area (Å²) in [6.45, 7) is 5.27. The van der Waals surface area contributed by atoms with Crippen molar-refractivity contribution in [2.45, 2.75) is 26.8 Å². The van der Waals surface area contributed by atoms with Gasteiger partial charge in [-0.15, -0.1) is 11.3 Å². The lowest BCUT2D eigenvalue weighted by Crippen LogP contribution is -2.41. The molecule has 0 unspecified atom stereocenters. The first-order valence-electron chi connectivity index (χ1n) is 5.31. The van der Waals surface area contributed by atoms with Gasteiger partial charge in [0.05, 0.1) is 14.9 Å². The highest BCUT2D eigenvalue weighted by molar-refractivity contribution is 7.18. The lowest BCUT2D eigenvalue weighted by Gasteiger charge is -2.06. The summed E-state index contributed by atoms with van der Waals surface area (Å²) in [7, 11) is 0. The maximum atomic E-state index is 11.4. The third-order valence-corrected chi connectivity index (χ3v) is 3.22. The van der Waals surface area contributed by atoms with Crippen molar-refractivity contribution in [3.05, 3.63) is 21.3 Å². The van der Waals surface area contributed by atoms with Crippen molar-refractivity contribution >= 4 is 40.5 Å². The number of nitrogens with zero attached hydrogens (tertiary/aromatic N) is 1. The molecule has 0 aromatic carbocycles. The molecule has 0 spiro atoms. The zero-order chi connectivity index (χ0) is 13.7. The van der Waals surface area contributed by atoms with Crippen molar-refractivity contribution in [3.8, 4) is 0 Å². The number of nitrogens with one attached hydrogen (secondary N) is 2. The monoisotopic (exact) mass is 287 g/mol. The fourth-order valence-corrected chi connectivity index (χ4v) is 2.06. The van der Waals surface area contributed by atoms with E-state index >= 15 is 0 Å². The molecule has 0 bridgehead atoms. The summed E-state index contributed by atoms with van der Waals surface area (Å²) in [6.07, 6.45) is 0. The number of hydrogen-bond donors (Lipinski definition) is 2. The minimum atomic E-state index is -0.786. The Labute approximate surface area is 114 Å². The van der Waals surface area contributed by atoms with Crippen molar-refractivity contribution in [3.63, 3.8) is 0 Å². The molecule has 1 rings (SSSR count). The number of halogens is 1. The summed E-state index contributed by atoms with van der Waals surface area (Å²) in [5.41, 5.74) is 2.79. The van der Waals surface area contributed by atoms with Gasteiger partial charge in [-0.25, -0.2) is 5.43 Å². The van der Waals surface area contributed by atoms with Gasteiger partial charge in [0.15, 0.2) is 0 Å². The molecule has 0 saturated heterocycles. The number of hydrazone groups is 1. The van der Waals surface area contributed by atoms with Crippen LogP contribution in [0.2, 0.25) is 4.34 Å². The fourth-order valence-electron chi connectivity index (χ4n) is 1.08. The van der Waals surface area contributed by atoms with Gasteiger partial charge in [-0.1, -0.05) is 11.6 Å². The average molecular weight is 288 g/mol. The van der Waals surface area contributed by atoms with Gasteiger partial charge in [0.2, 0.25) is 0 Å². The third kappa shape index (κ3) is 4.46. The van der Waals surface area contributed by atoms with E-state index in [1.807, 2.05) is 0 Å². The van der Waals surface area contributed by atoms with E-state index in [0.717, 1.165) is 4.88 Å². The Morgan fingerprint density at radius 2 is 2.00 bits per heavy atom. The molecular weight excluding hydrogens is 274 g/mol. The molecule has 1 aromatic rings. The van der Waals surface area contributed by atoms with Gasteiger partial charge in [0.1, 0.15) is 0 Å². The predicted molar refractivity (Wildman–Crippen MR) is 73.0 cm³/mol. The first-order chi connectivity index (χ1) is 8.40. The molecular formula is C11H14ClN3O2S. The predicted octanol–water partition coefficient (Wildman–Crippen LogP) is 1.77. The summed E-state index contributed by atoms with van der Waals surface area (Å²) in [5.74, 6) is -1.49. The van der Waals surface area contributed by atoms with E-state index in [0.29, 0.717) is 10.0 Å². The topological polar surface area (TPSA) is 70.6 Å². The van der Waals surface area contributed by atoms with Crippen molar-refractivity contribution < 1.29 is 9.59 Å². The van der Waals surface area contributed by atoms with E-state index in [2.05, 4.69) is 15.8 Å². The normalized spacial score (nSPS) is 11.5. The molecule has 0 aliphatic heterocycles. The van der Waals surface area contributed by atoms with Crippen molar-refractivity contribution in [2.75, 3.05) is 0 Å². The minimum absolute atomic E-state index is 0.0931. The summed E-state index contributed by atoms with van der Waals surface area (Å²) in [6, 6.07) is 3.45. The second-order valence-electron chi connectivity index (χ2n) is 3.87. The Morgan fingerprint density at radius 1 is 1.33 bits per heavy atom. The zero-order valence-electron chi connectivity index (χ0n) is 10.3. The molecule has 0 aliphatic rings. The minimum Gasteiger partial charge on any atom is -0.346 e. The Morgan fingerprint density at radius 3 is 2.50 bits per heavy atom. The molecule has 18 heavy (non-hydrogen) atoms. The number of amides is 2. The largest absolute Gasteiger partial charge is 0.346 e. The lowest BCUT2D eigenvalue weighted by atomic mass is 10.3. The van der Waals surface area contributed by atoms with Crippen LogP contribution in [0.25, 0.3) is 0 Å². The zero-order valence-corrected chi connectivity index (χ0v) is 11.9. The average Bonchev–Trinajstić information content (AvgIpc) is 2.71. The molecule has 1 aromatic heterocycles. The molecule has 0 saturated carbocycles. The summed E-state index contributed by atoms with van der Waals surface area (Å²) >= 11 is 7.14. The van der Waals surface area contributed by atoms with Gasteiger partial charge in [0, 0.05) is 6.04 Å². The quantitative estimate of drug-likeness (QED) is 0.505. The second kappa shape index (κ2) is 6.51. The number of rotatable bonds is 3. The van der Waals surface area contributed by atoms with E-state index in [1.165, 1.54) is 11.3 Å². The van der Waals surface area contributed by atoms with Crippen molar-refractivity contribution in [1.82, 2.24) is 10.7 Å². The van der Waals surface area contributed by atoms with Crippen LogP contribution in [0.5, 0.6) is 0 Å². The Balaban J connectivity index is 2.58. The Kier molecular flexibility index (Phi) is 5.30. The summed E-state index contributed by atoms with van der Waals surface area (Å²) < 4.78 is 0.642. The van der Waals surface area contributed by atoms with Crippen molar-refractivity contribution in [1.29, 1.82) is 0 Å². The molecule has 0 fully saturated rings. The van der Waals surface area contributed by atoms with Gasteiger partial charge < -0.3 is 5.32 Å². The third-order valence-electron chi connectivity index (χ3n) is 1.88. The van der Waals surface area contributed by atoms with Crippen LogP contribution in [-0.2, 0) is 9.59 Å². The molecule has 2 amide bonds. The van der Waals surface area contributed by atoms with Crippen LogP contribution in [0.1, 0.15) is 25.6 Å². The van der Waals surface area contributed by atoms with Crippen LogP contribution in [0.3, 0.4) is 0 Å². The smallest absolute Gasteiger partial charge is 0.329 e. The maximum absolute atomic E-state index is 11.4. The van der Waals surface area contributed by atoms with Gasteiger partial charge in [-0.05, 0) is 32.9 Å². The van der Waals surface area contributed by atoms with Gasteiger partial charge in [-0.3, -0.25) is 9.59 Å². The highest BCUT2D eigenvalue weighted by atomic mass is 35.5. The highest BCUT2D eigenvalue weighted by Gasteiger charge is 2.13. The number of thiophene rings is 1. The van der Waals surface area contributed by atoms with Crippen LogP contribution in [0, 0.1) is 0 Å². The van der Waals surface area contributed by atoms with Gasteiger partial charge in [-0.2, -0.15) is 5.10 Å². The summed E-state index contributed by atoms with van der Waals surface area (Å²) in [5, 5.41) is 6.32. The van der Waals surface area contributed by atoms with Gasteiger partial charge in [0.25, 0.3) is 0 Å². The fraction of sp³-hybridized carbons (Fsp3) is 0.364. The standard InChI is InChI=1S/C11H14ClN3O2S/c1-6(2)13-10(16)11(17)15-14-7(3)8-4-5-9(12)18-8/h4-6H,1-3H3,(H,13,16)(H,15,17)/b14-7+. The van der Waals surface area contributed by atoms with Crippen LogP contribution < -0.4 is 10.7 Å². The molecule has 0 aliphatic carbocycles. The Hall–Kier alpha value is -1.40. The molecule has 98 valence electrons. The van der Waals surface area contributed by atoms with Crippen LogP contribution in [-0.4, -0.2) is 23.6 Å². The molecule has 0 atom stereocenters. The van der Waals surface area contributed by atoms with E-state index < -0.39 is 11.8 Å². The van der Waals surface area contributed by atoms with E-state index in [9.17, 15) is 9.59 Å². The maximum Gasteiger partial charge on any atom is 0.329 e. The van der Waals surface area contributed by atoms with Crippen LogP contribution in [0.4, 0.5) is 0 Å². The van der Waals surface area contributed by atoms with Crippen LogP contribution >= 0.6 is 22.9 Å². The molecule has 7 heteroatoms. The molecule has 1 heterocycles. The van der Waals surface area contributed by atoms with E-state index in [4.69, 9.17) is 11.6 Å². The second-order valence-corrected chi connectivity index (χ2v) is 5.59. The molecule has 2 N–H and O–H groups in total. The molecule has 5 nitrogen and oxygen atoms in total. The SMILES string of the molecule is C/C(=N\NC(=O)C(=O)NC(C)C)c1ccc(Cl)s1. The first kappa shape index (κ1) is 14.7. The number of carbonyl (C=O) groups excluding carboxylic acids is 2. The summed E-state index contributed by atoms with van der Waals surface area (Å²) in [4.78, 5) is 23.5. The lowest BCUT2D eigenvalue weighted by molar-refractivity contribution is -0.139. The van der Waals surface area contributed by atoms with E-state index in [-0.39, 0.29) is 6.04 Å². The van der Waals surface area contributed by atoms with Crippen molar-refractivity contribution in [2.24, 2.45) is 5.10 Å². The Bertz CT molecular complexity index is 482.